The second-order valence-electron chi connectivity index (χ2n) is 4.11. The van der Waals surface area contributed by atoms with Gasteiger partial charge in [-0.2, -0.15) is 0 Å². The monoisotopic (exact) mass is 338 g/mol. The highest BCUT2D eigenvalue weighted by Crippen LogP contribution is 2.15. The molecule has 0 saturated heterocycles. The van der Waals surface area contributed by atoms with Gasteiger partial charge in [0.05, 0.1) is 0 Å². The zero-order valence-corrected chi connectivity index (χ0v) is 11.9. The number of H-pyrrole nitrogens is 1. The molecule has 0 radical (unpaired) electrons. The Morgan fingerprint density at radius 2 is 1.90 bits per heavy atom. The van der Waals surface area contributed by atoms with E-state index in [-0.39, 0.29) is 12.4 Å². The first kappa shape index (κ1) is 14.2. The van der Waals surface area contributed by atoms with Gasteiger partial charge in [-0.05, 0) is 29.3 Å². The first-order valence-electron chi connectivity index (χ1n) is 5.73. The van der Waals surface area contributed by atoms with Crippen molar-refractivity contribution in [3.63, 3.8) is 0 Å². The quantitative estimate of drug-likeness (QED) is 0.823. The molecule has 1 heterocycles. The third kappa shape index (κ3) is 2.85. The second kappa shape index (κ2) is 5.83. The zero-order valence-electron chi connectivity index (χ0n) is 10.3. The molecule has 0 saturated carbocycles. The highest BCUT2D eigenvalue weighted by molar-refractivity contribution is 9.10. The van der Waals surface area contributed by atoms with E-state index in [2.05, 4.69) is 21.1 Å². The molecule has 0 aliphatic heterocycles. The average Bonchev–Trinajstić information content (AvgIpc) is 2.40. The van der Waals surface area contributed by atoms with Gasteiger partial charge in [-0.15, -0.1) is 4.91 Å². The lowest BCUT2D eigenvalue weighted by molar-refractivity contribution is 0.656. The summed E-state index contributed by atoms with van der Waals surface area (Å²) < 4.78 is 2.08. The number of aryl methyl sites for hydroxylation is 1. The Hall–Kier alpha value is -2.22. The zero-order chi connectivity index (χ0) is 14.7. The smallest absolute Gasteiger partial charge is 0.330 e. The molecule has 3 N–H and O–H groups in total. The Balaban J connectivity index is 2.30. The van der Waals surface area contributed by atoms with Crippen molar-refractivity contribution < 1.29 is 0 Å². The largest absolute Gasteiger partial charge is 0.383 e. The average molecular weight is 339 g/mol. The van der Waals surface area contributed by atoms with Crippen molar-refractivity contribution in [3.05, 3.63) is 60.0 Å². The van der Waals surface area contributed by atoms with E-state index in [9.17, 15) is 14.5 Å². The van der Waals surface area contributed by atoms with Gasteiger partial charge in [-0.3, -0.25) is 14.3 Å². The maximum Gasteiger partial charge on any atom is 0.330 e. The number of anilines is 1. The fraction of sp³-hybridized carbons (Fsp3) is 0.167. The molecule has 20 heavy (non-hydrogen) atoms. The number of hydrogen-bond donors (Lipinski definition) is 2. The maximum absolute atomic E-state index is 11.7. The second-order valence-corrected chi connectivity index (χ2v) is 5.03. The Morgan fingerprint density at radius 1 is 1.25 bits per heavy atom. The van der Waals surface area contributed by atoms with Crippen LogP contribution < -0.4 is 17.0 Å². The van der Waals surface area contributed by atoms with Gasteiger partial charge in [-0.1, -0.05) is 28.1 Å². The SMILES string of the molecule is Nc1c(N=O)c(=O)[nH]c(=O)n1CCc1ccc(Br)cc1. The molecule has 0 unspecified atom stereocenters. The number of benzene rings is 1. The van der Waals surface area contributed by atoms with E-state index in [1.807, 2.05) is 29.2 Å². The van der Waals surface area contributed by atoms with E-state index in [0.29, 0.717) is 6.42 Å². The minimum absolute atomic E-state index is 0.217. The van der Waals surface area contributed by atoms with Gasteiger partial charge in [-0.25, -0.2) is 4.79 Å². The van der Waals surface area contributed by atoms with Crippen molar-refractivity contribution in [1.29, 1.82) is 0 Å². The van der Waals surface area contributed by atoms with Crippen LogP contribution in [0.5, 0.6) is 0 Å². The lowest BCUT2D eigenvalue weighted by atomic mass is 10.1. The van der Waals surface area contributed by atoms with Crippen LogP contribution in [0.3, 0.4) is 0 Å². The molecule has 0 aliphatic carbocycles. The number of rotatable bonds is 4. The molecule has 7 nitrogen and oxygen atoms in total. The summed E-state index contributed by atoms with van der Waals surface area (Å²) in [5.41, 5.74) is 4.62. The molecule has 1 aromatic carbocycles. The van der Waals surface area contributed by atoms with Crippen molar-refractivity contribution in [1.82, 2.24) is 9.55 Å². The Bertz CT molecular complexity index is 749. The number of nitrogen functional groups attached to an aromatic ring is 1. The molecule has 0 atom stereocenters. The molecule has 0 amide bonds. The van der Waals surface area contributed by atoms with Crippen molar-refractivity contribution in [3.8, 4) is 0 Å². The number of hydrogen-bond acceptors (Lipinski definition) is 5. The normalized spacial score (nSPS) is 10.4. The molecule has 0 fully saturated rings. The summed E-state index contributed by atoms with van der Waals surface area (Å²) >= 11 is 3.33. The lowest BCUT2D eigenvalue weighted by Gasteiger charge is -2.09. The number of nitrogens with zero attached hydrogens (tertiary/aromatic N) is 2. The Kier molecular flexibility index (Phi) is 4.14. The van der Waals surface area contributed by atoms with Crippen LogP contribution in [-0.2, 0) is 13.0 Å². The van der Waals surface area contributed by atoms with Crippen LogP contribution in [0.4, 0.5) is 11.5 Å². The van der Waals surface area contributed by atoms with E-state index in [1.54, 1.807) is 0 Å². The van der Waals surface area contributed by atoms with Crippen LogP contribution in [0.1, 0.15) is 5.56 Å². The Morgan fingerprint density at radius 3 is 2.50 bits per heavy atom. The molecule has 0 aliphatic rings. The van der Waals surface area contributed by atoms with E-state index in [1.165, 1.54) is 0 Å². The van der Waals surface area contributed by atoms with Crippen LogP contribution in [0, 0.1) is 4.91 Å². The molecule has 2 aromatic rings. The number of aromatic nitrogens is 2. The van der Waals surface area contributed by atoms with Gasteiger partial charge in [0.2, 0.25) is 5.69 Å². The summed E-state index contributed by atoms with van der Waals surface area (Å²) in [6.45, 7) is 0.242. The minimum Gasteiger partial charge on any atom is -0.383 e. The predicted octanol–water partition coefficient (Wildman–Crippen LogP) is 1.52. The number of halogens is 1. The standard InChI is InChI=1S/C12H11BrN4O3/c13-8-3-1-7(2-4-8)5-6-17-10(14)9(16-20)11(18)15-12(17)19/h1-4H,5-6,14H2,(H,15,18,19). The summed E-state index contributed by atoms with van der Waals surface area (Å²) in [6, 6.07) is 7.56. The van der Waals surface area contributed by atoms with Gasteiger partial charge >= 0.3 is 5.69 Å². The van der Waals surface area contributed by atoms with Crippen LogP contribution in [0.15, 0.2) is 43.5 Å². The van der Waals surface area contributed by atoms with Crippen LogP contribution >= 0.6 is 15.9 Å². The Labute approximate surface area is 121 Å². The number of nitroso groups, excluding NO2 is 1. The van der Waals surface area contributed by atoms with E-state index in [4.69, 9.17) is 5.73 Å². The number of nitrogens with one attached hydrogen (secondary N) is 1. The van der Waals surface area contributed by atoms with E-state index >= 15 is 0 Å². The highest BCUT2D eigenvalue weighted by Gasteiger charge is 2.12. The summed E-state index contributed by atoms with van der Waals surface area (Å²) in [4.78, 5) is 35.6. The van der Waals surface area contributed by atoms with Crippen LogP contribution in [0.2, 0.25) is 0 Å². The van der Waals surface area contributed by atoms with Crippen molar-refractivity contribution in [2.75, 3.05) is 5.73 Å². The van der Waals surface area contributed by atoms with Crippen LogP contribution in [0.25, 0.3) is 0 Å². The van der Waals surface area contributed by atoms with Gasteiger partial charge in [0, 0.05) is 11.0 Å². The molecule has 104 valence electrons. The predicted molar refractivity (Wildman–Crippen MR) is 79.0 cm³/mol. The molecular formula is C12H11BrN4O3. The van der Waals surface area contributed by atoms with E-state index in [0.717, 1.165) is 14.6 Å². The molecule has 0 spiro atoms. The van der Waals surface area contributed by atoms with Crippen molar-refractivity contribution in [2.45, 2.75) is 13.0 Å². The molecule has 1 aromatic heterocycles. The van der Waals surface area contributed by atoms with Crippen molar-refractivity contribution in [2.24, 2.45) is 5.18 Å². The topological polar surface area (TPSA) is 110 Å². The summed E-state index contributed by atoms with van der Waals surface area (Å²) in [5, 5.41) is 2.55. The number of aromatic amines is 1. The molecule has 8 heteroatoms. The fourth-order valence-electron chi connectivity index (χ4n) is 1.78. The lowest BCUT2D eigenvalue weighted by Crippen LogP contribution is -2.32. The third-order valence-corrected chi connectivity index (χ3v) is 3.37. The first-order chi connectivity index (χ1) is 9.52. The highest BCUT2D eigenvalue weighted by atomic mass is 79.9. The summed E-state index contributed by atoms with van der Waals surface area (Å²) in [6.07, 6.45) is 0.529. The minimum atomic E-state index is -0.873. The van der Waals surface area contributed by atoms with Gasteiger partial charge in [0.15, 0.2) is 0 Å². The molecule has 0 bridgehead atoms. The molecular weight excluding hydrogens is 328 g/mol. The summed E-state index contributed by atoms with van der Waals surface area (Å²) in [5.74, 6) is -0.217. The van der Waals surface area contributed by atoms with Crippen molar-refractivity contribution >= 4 is 27.4 Å². The molecule has 2 rings (SSSR count). The first-order valence-corrected chi connectivity index (χ1v) is 6.52. The third-order valence-electron chi connectivity index (χ3n) is 2.84. The van der Waals surface area contributed by atoms with Gasteiger partial charge in [0.25, 0.3) is 5.56 Å². The summed E-state index contributed by atoms with van der Waals surface area (Å²) in [7, 11) is 0. The fourth-order valence-corrected chi connectivity index (χ4v) is 2.04. The van der Waals surface area contributed by atoms with Crippen LogP contribution in [-0.4, -0.2) is 9.55 Å². The van der Waals surface area contributed by atoms with Gasteiger partial charge < -0.3 is 5.73 Å². The van der Waals surface area contributed by atoms with E-state index < -0.39 is 16.9 Å². The number of nitrogens with two attached hydrogens (primary N) is 1. The van der Waals surface area contributed by atoms with Gasteiger partial charge in [0.1, 0.15) is 5.82 Å². The maximum atomic E-state index is 11.7.